The number of piperazine rings is 1. The van der Waals surface area contributed by atoms with Gasteiger partial charge in [0.15, 0.2) is 0 Å². The molecule has 2 heterocycles. The minimum atomic E-state index is -3.64. The Bertz CT molecular complexity index is 1030. The summed E-state index contributed by atoms with van der Waals surface area (Å²) in [4.78, 5) is 29.7. The third-order valence-corrected chi connectivity index (χ3v) is 8.03. The molecule has 2 aliphatic rings. The van der Waals surface area contributed by atoms with E-state index in [9.17, 15) is 18.0 Å². The monoisotopic (exact) mass is 497 g/mol. The van der Waals surface area contributed by atoms with Crippen LogP contribution in [0.15, 0.2) is 45.1 Å². The molecule has 0 bridgehead atoms. The lowest BCUT2D eigenvalue weighted by atomic mass is 10.2. The van der Waals surface area contributed by atoms with Gasteiger partial charge in [0.1, 0.15) is 0 Å². The average Bonchev–Trinajstić information content (AvgIpc) is 3.34. The lowest BCUT2D eigenvalue weighted by Gasteiger charge is -2.34. The van der Waals surface area contributed by atoms with E-state index < -0.39 is 10.0 Å². The molecule has 10 heteroatoms. The van der Waals surface area contributed by atoms with Crippen LogP contribution in [0, 0.1) is 0 Å². The molecular formula is C19H20BrN3O4S2. The van der Waals surface area contributed by atoms with E-state index in [0.29, 0.717) is 41.1 Å². The van der Waals surface area contributed by atoms with Crippen LogP contribution >= 0.6 is 27.3 Å². The van der Waals surface area contributed by atoms with E-state index in [1.54, 1.807) is 21.9 Å². The molecule has 0 spiro atoms. The van der Waals surface area contributed by atoms with Crippen LogP contribution in [0.2, 0.25) is 0 Å². The summed E-state index contributed by atoms with van der Waals surface area (Å²) in [5.74, 6) is -0.268. The fourth-order valence-corrected chi connectivity index (χ4v) is 5.60. The van der Waals surface area contributed by atoms with Gasteiger partial charge in [0.25, 0.3) is 11.8 Å². The van der Waals surface area contributed by atoms with Crippen LogP contribution in [0.4, 0.5) is 0 Å². The highest BCUT2D eigenvalue weighted by atomic mass is 79.9. The maximum absolute atomic E-state index is 13.0. The lowest BCUT2D eigenvalue weighted by Crippen LogP contribution is -2.50. The van der Waals surface area contributed by atoms with Gasteiger partial charge in [0, 0.05) is 36.7 Å². The second kappa shape index (κ2) is 8.17. The van der Waals surface area contributed by atoms with E-state index in [-0.39, 0.29) is 22.8 Å². The van der Waals surface area contributed by atoms with Crippen molar-refractivity contribution in [2.75, 3.05) is 26.2 Å². The highest BCUT2D eigenvalue weighted by molar-refractivity contribution is 9.10. The third-order valence-electron chi connectivity index (χ3n) is 4.96. The summed E-state index contributed by atoms with van der Waals surface area (Å²) >= 11 is 4.77. The Labute approximate surface area is 181 Å². The van der Waals surface area contributed by atoms with Crippen LogP contribution < -0.4 is 4.72 Å². The number of rotatable bonds is 5. The second-order valence-corrected chi connectivity index (χ2v) is 10.6. The number of nitrogens with one attached hydrogen (secondary N) is 1. The van der Waals surface area contributed by atoms with Crippen molar-refractivity contribution in [3.8, 4) is 0 Å². The molecule has 1 aliphatic carbocycles. The van der Waals surface area contributed by atoms with Crippen molar-refractivity contribution < 1.29 is 18.0 Å². The second-order valence-electron chi connectivity index (χ2n) is 7.10. The van der Waals surface area contributed by atoms with Crippen molar-refractivity contribution >= 4 is 49.1 Å². The van der Waals surface area contributed by atoms with Gasteiger partial charge in [-0.25, -0.2) is 13.1 Å². The fourth-order valence-electron chi connectivity index (χ4n) is 3.16. The van der Waals surface area contributed by atoms with E-state index in [1.165, 1.54) is 23.5 Å². The molecule has 29 heavy (non-hydrogen) atoms. The Balaban J connectivity index is 1.46. The van der Waals surface area contributed by atoms with Crippen molar-refractivity contribution in [2.24, 2.45) is 0 Å². The predicted molar refractivity (Wildman–Crippen MR) is 114 cm³/mol. The maximum atomic E-state index is 13.0. The number of carbonyl (C=O) groups is 2. The third kappa shape index (κ3) is 4.55. The van der Waals surface area contributed by atoms with Crippen LogP contribution in [-0.4, -0.2) is 62.3 Å². The molecule has 2 amide bonds. The minimum Gasteiger partial charge on any atom is -0.335 e. The fraction of sp³-hybridized carbons (Fsp3) is 0.368. The van der Waals surface area contributed by atoms with E-state index in [0.717, 1.165) is 12.8 Å². The van der Waals surface area contributed by atoms with Gasteiger partial charge in [-0.1, -0.05) is 6.07 Å². The largest absolute Gasteiger partial charge is 0.335 e. The minimum absolute atomic E-state index is 0.00300. The van der Waals surface area contributed by atoms with Gasteiger partial charge in [-0.2, -0.15) is 0 Å². The first-order valence-electron chi connectivity index (χ1n) is 9.29. The first-order chi connectivity index (χ1) is 13.8. The molecule has 1 aromatic carbocycles. The number of amides is 2. The van der Waals surface area contributed by atoms with E-state index in [2.05, 4.69) is 20.7 Å². The molecule has 7 nitrogen and oxygen atoms in total. The molecule has 1 saturated heterocycles. The Morgan fingerprint density at radius 1 is 1.03 bits per heavy atom. The Hall–Kier alpha value is -1.75. The molecular weight excluding hydrogens is 478 g/mol. The molecule has 1 aromatic heterocycles. The molecule has 2 aromatic rings. The summed E-state index contributed by atoms with van der Waals surface area (Å²) in [5, 5.41) is 1.86. The van der Waals surface area contributed by atoms with E-state index in [1.807, 2.05) is 11.4 Å². The standard InChI is InChI=1S/C19H20BrN3O4S2/c20-16-6-5-14(29(26,27)21-13-3-4-13)12-15(16)18(24)22-7-9-23(10-8-22)19(25)17-2-1-11-28-17/h1-2,5-6,11-13,21H,3-4,7-10H2. The summed E-state index contributed by atoms with van der Waals surface area (Å²) in [5.41, 5.74) is 0.307. The van der Waals surface area contributed by atoms with Crippen molar-refractivity contribution in [2.45, 2.75) is 23.8 Å². The lowest BCUT2D eigenvalue weighted by molar-refractivity contribution is 0.0537. The molecule has 2 fully saturated rings. The zero-order valence-electron chi connectivity index (χ0n) is 15.5. The molecule has 0 unspecified atom stereocenters. The molecule has 0 radical (unpaired) electrons. The van der Waals surface area contributed by atoms with Gasteiger partial charge in [0.2, 0.25) is 10.0 Å². The number of sulfonamides is 1. The first-order valence-corrected chi connectivity index (χ1v) is 12.4. The van der Waals surface area contributed by atoms with Crippen LogP contribution in [-0.2, 0) is 10.0 Å². The van der Waals surface area contributed by atoms with Crippen LogP contribution in [0.1, 0.15) is 32.9 Å². The summed E-state index contributed by atoms with van der Waals surface area (Å²) in [6.07, 6.45) is 1.69. The van der Waals surface area contributed by atoms with Gasteiger partial charge >= 0.3 is 0 Å². The summed E-state index contributed by atoms with van der Waals surface area (Å²) in [6, 6.07) is 8.13. The number of thiophene rings is 1. The predicted octanol–water partition coefficient (Wildman–Crippen LogP) is 2.55. The number of nitrogens with zero attached hydrogens (tertiary/aromatic N) is 2. The Morgan fingerprint density at radius 2 is 1.69 bits per heavy atom. The SMILES string of the molecule is O=C(c1cccs1)N1CCN(C(=O)c2cc(S(=O)(=O)NC3CC3)ccc2Br)CC1. The summed E-state index contributed by atoms with van der Waals surface area (Å²) < 4.78 is 28.1. The highest BCUT2D eigenvalue weighted by Gasteiger charge is 2.30. The highest BCUT2D eigenvalue weighted by Crippen LogP contribution is 2.26. The molecule has 154 valence electrons. The van der Waals surface area contributed by atoms with Crippen LogP contribution in [0.25, 0.3) is 0 Å². The van der Waals surface area contributed by atoms with Gasteiger partial charge in [0.05, 0.1) is 15.3 Å². The number of hydrogen-bond acceptors (Lipinski definition) is 5. The van der Waals surface area contributed by atoms with E-state index >= 15 is 0 Å². The van der Waals surface area contributed by atoms with Crippen molar-refractivity contribution in [3.05, 3.63) is 50.6 Å². The summed E-state index contributed by atoms with van der Waals surface area (Å²) in [6.45, 7) is 1.70. The van der Waals surface area contributed by atoms with Crippen molar-refractivity contribution in [3.63, 3.8) is 0 Å². The molecule has 4 rings (SSSR count). The molecule has 1 saturated carbocycles. The molecule has 1 aliphatic heterocycles. The maximum Gasteiger partial charge on any atom is 0.264 e. The van der Waals surface area contributed by atoms with Crippen molar-refractivity contribution in [1.29, 1.82) is 0 Å². The Kier molecular flexibility index (Phi) is 5.78. The molecule has 1 N–H and O–H groups in total. The van der Waals surface area contributed by atoms with Gasteiger partial charge in [-0.15, -0.1) is 11.3 Å². The molecule has 0 atom stereocenters. The van der Waals surface area contributed by atoms with Crippen molar-refractivity contribution in [1.82, 2.24) is 14.5 Å². The first kappa shape index (κ1) is 20.5. The summed E-state index contributed by atoms with van der Waals surface area (Å²) in [7, 11) is -3.64. The van der Waals surface area contributed by atoms with Gasteiger partial charge < -0.3 is 9.80 Å². The quantitative estimate of drug-likeness (QED) is 0.687. The number of halogens is 1. The smallest absolute Gasteiger partial charge is 0.264 e. The number of carbonyl (C=O) groups excluding carboxylic acids is 2. The number of hydrogen-bond donors (Lipinski definition) is 1. The zero-order chi connectivity index (χ0) is 20.6. The van der Waals surface area contributed by atoms with Crippen LogP contribution in [0.3, 0.4) is 0 Å². The van der Waals surface area contributed by atoms with E-state index in [4.69, 9.17) is 0 Å². The normalized spacial score (nSPS) is 17.4. The zero-order valence-corrected chi connectivity index (χ0v) is 18.7. The average molecular weight is 498 g/mol. The van der Waals surface area contributed by atoms with Crippen LogP contribution in [0.5, 0.6) is 0 Å². The van der Waals surface area contributed by atoms with Gasteiger partial charge in [-0.3, -0.25) is 9.59 Å². The number of benzene rings is 1. The topological polar surface area (TPSA) is 86.8 Å². The van der Waals surface area contributed by atoms with Gasteiger partial charge in [-0.05, 0) is 58.4 Å². The Morgan fingerprint density at radius 3 is 2.28 bits per heavy atom.